The predicted octanol–water partition coefficient (Wildman–Crippen LogP) is 3.19. The van der Waals surface area contributed by atoms with Crippen molar-refractivity contribution in [3.63, 3.8) is 0 Å². The molecule has 0 aromatic heterocycles. The number of carbonyl (C=O) groups is 1. The van der Waals surface area contributed by atoms with Gasteiger partial charge in [-0.3, -0.25) is 4.79 Å². The SMILES string of the molecule is CCC1(C(=O)Nc2ccc(N)cc2OC)CCCC1. The largest absolute Gasteiger partial charge is 0.494 e. The number of nitrogens with two attached hydrogens (primary N) is 1. The second kappa shape index (κ2) is 5.51. The Morgan fingerprint density at radius 3 is 2.68 bits per heavy atom. The molecule has 1 aliphatic carbocycles. The van der Waals surface area contributed by atoms with Gasteiger partial charge < -0.3 is 15.8 Å². The lowest BCUT2D eigenvalue weighted by Crippen LogP contribution is -2.33. The van der Waals surface area contributed by atoms with Gasteiger partial charge >= 0.3 is 0 Å². The van der Waals surface area contributed by atoms with Crippen molar-refractivity contribution in [3.8, 4) is 5.75 Å². The van der Waals surface area contributed by atoms with Crippen LogP contribution < -0.4 is 15.8 Å². The van der Waals surface area contributed by atoms with E-state index in [-0.39, 0.29) is 11.3 Å². The maximum atomic E-state index is 12.5. The van der Waals surface area contributed by atoms with Gasteiger partial charge in [-0.1, -0.05) is 19.8 Å². The highest BCUT2D eigenvalue weighted by molar-refractivity contribution is 5.97. The summed E-state index contributed by atoms with van der Waals surface area (Å²) < 4.78 is 5.26. The molecule has 4 nitrogen and oxygen atoms in total. The molecule has 0 spiro atoms. The van der Waals surface area contributed by atoms with E-state index in [1.807, 2.05) is 0 Å². The average molecular weight is 262 g/mol. The fourth-order valence-electron chi connectivity index (χ4n) is 2.86. The Balaban J connectivity index is 2.19. The molecule has 1 aromatic carbocycles. The molecule has 3 N–H and O–H groups in total. The van der Waals surface area contributed by atoms with Gasteiger partial charge in [-0.05, 0) is 31.4 Å². The molecule has 0 radical (unpaired) electrons. The lowest BCUT2D eigenvalue weighted by atomic mass is 9.82. The zero-order chi connectivity index (χ0) is 13.9. The molecule has 1 amide bonds. The van der Waals surface area contributed by atoms with E-state index < -0.39 is 0 Å². The Morgan fingerprint density at radius 2 is 2.11 bits per heavy atom. The fourth-order valence-corrected chi connectivity index (χ4v) is 2.86. The molecular formula is C15H22N2O2. The summed E-state index contributed by atoms with van der Waals surface area (Å²) in [5.41, 5.74) is 6.84. The van der Waals surface area contributed by atoms with E-state index in [0.717, 1.165) is 32.1 Å². The first-order valence-electron chi connectivity index (χ1n) is 6.86. The summed E-state index contributed by atoms with van der Waals surface area (Å²) in [5, 5.41) is 3.00. The maximum absolute atomic E-state index is 12.5. The molecule has 104 valence electrons. The number of nitrogen functional groups attached to an aromatic ring is 1. The first-order chi connectivity index (χ1) is 9.11. The average Bonchev–Trinajstić information content (AvgIpc) is 2.90. The van der Waals surface area contributed by atoms with E-state index in [2.05, 4.69) is 12.2 Å². The van der Waals surface area contributed by atoms with Gasteiger partial charge in [0.25, 0.3) is 0 Å². The van der Waals surface area contributed by atoms with Gasteiger partial charge in [-0.2, -0.15) is 0 Å². The highest BCUT2D eigenvalue weighted by Gasteiger charge is 2.39. The van der Waals surface area contributed by atoms with Gasteiger partial charge in [-0.15, -0.1) is 0 Å². The van der Waals surface area contributed by atoms with E-state index in [0.29, 0.717) is 17.1 Å². The zero-order valence-electron chi connectivity index (χ0n) is 11.7. The number of hydrogen-bond donors (Lipinski definition) is 2. The molecule has 0 atom stereocenters. The minimum Gasteiger partial charge on any atom is -0.494 e. The van der Waals surface area contributed by atoms with Crippen LogP contribution in [0.1, 0.15) is 39.0 Å². The van der Waals surface area contributed by atoms with Crippen molar-refractivity contribution in [2.45, 2.75) is 39.0 Å². The van der Waals surface area contributed by atoms with Crippen molar-refractivity contribution in [2.24, 2.45) is 5.41 Å². The van der Waals surface area contributed by atoms with Crippen molar-refractivity contribution in [1.29, 1.82) is 0 Å². The van der Waals surface area contributed by atoms with Crippen LogP contribution >= 0.6 is 0 Å². The van der Waals surface area contributed by atoms with Gasteiger partial charge in [0.1, 0.15) is 5.75 Å². The predicted molar refractivity (Wildman–Crippen MR) is 77.2 cm³/mol. The molecule has 0 aliphatic heterocycles. The summed E-state index contributed by atoms with van der Waals surface area (Å²) in [7, 11) is 1.58. The smallest absolute Gasteiger partial charge is 0.230 e. The number of anilines is 2. The standard InChI is InChI=1S/C15H22N2O2/c1-3-15(8-4-5-9-15)14(18)17-12-7-6-11(16)10-13(12)19-2/h6-7,10H,3-5,8-9,16H2,1-2H3,(H,17,18). The minimum atomic E-state index is -0.202. The summed E-state index contributed by atoms with van der Waals surface area (Å²) in [6.07, 6.45) is 5.12. The van der Waals surface area contributed by atoms with Gasteiger partial charge in [0.05, 0.1) is 12.8 Å². The van der Waals surface area contributed by atoms with E-state index in [1.54, 1.807) is 25.3 Å². The molecule has 1 aliphatic rings. The Morgan fingerprint density at radius 1 is 1.42 bits per heavy atom. The molecule has 2 rings (SSSR count). The maximum Gasteiger partial charge on any atom is 0.230 e. The van der Waals surface area contributed by atoms with Crippen molar-refractivity contribution in [2.75, 3.05) is 18.2 Å². The monoisotopic (exact) mass is 262 g/mol. The van der Waals surface area contributed by atoms with E-state index in [1.165, 1.54) is 0 Å². The Kier molecular flexibility index (Phi) is 3.98. The molecule has 0 unspecified atom stereocenters. The summed E-state index contributed by atoms with van der Waals surface area (Å²) >= 11 is 0. The lowest BCUT2D eigenvalue weighted by Gasteiger charge is -2.26. The first-order valence-corrected chi connectivity index (χ1v) is 6.86. The molecule has 1 saturated carbocycles. The quantitative estimate of drug-likeness (QED) is 0.819. The van der Waals surface area contributed by atoms with Gasteiger partial charge in [0.15, 0.2) is 0 Å². The van der Waals surface area contributed by atoms with Crippen LogP contribution in [0.3, 0.4) is 0 Å². The molecule has 1 aromatic rings. The van der Waals surface area contributed by atoms with Crippen LogP contribution in [0.4, 0.5) is 11.4 Å². The van der Waals surface area contributed by atoms with Crippen LogP contribution in [0.2, 0.25) is 0 Å². The van der Waals surface area contributed by atoms with E-state index in [4.69, 9.17) is 10.5 Å². The molecule has 0 bridgehead atoms. The Bertz CT molecular complexity index is 465. The van der Waals surface area contributed by atoms with Crippen LogP contribution in [-0.4, -0.2) is 13.0 Å². The fraction of sp³-hybridized carbons (Fsp3) is 0.533. The van der Waals surface area contributed by atoms with Crippen molar-refractivity contribution in [1.82, 2.24) is 0 Å². The van der Waals surface area contributed by atoms with Crippen molar-refractivity contribution >= 4 is 17.3 Å². The second-order valence-electron chi connectivity index (χ2n) is 5.25. The summed E-state index contributed by atoms with van der Waals surface area (Å²) in [5.74, 6) is 0.716. The third-order valence-electron chi connectivity index (χ3n) is 4.19. The summed E-state index contributed by atoms with van der Waals surface area (Å²) in [6, 6.07) is 5.29. The van der Waals surface area contributed by atoms with E-state index in [9.17, 15) is 4.79 Å². The summed E-state index contributed by atoms with van der Waals surface area (Å²) in [6.45, 7) is 2.09. The number of rotatable bonds is 4. The zero-order valence-corrected chi connectivity index (χ0v) is 11.7. The highest BCUT2D eigenvalue weighted by atomic mass is 16.5. The first kappa shape index (κ1) is 13.7. The molecule has 1 fully saturated rings. The number of hydrogen-bond acceptors (Lipinski definition) is 3. The highest BCUT2D eigenvalue weighted by Crippen LogP contribution is 2.42. The third kappa shape index (κ3) is 2.67. The molecule has 0 saturated heterocycles. The Hall–Kier alpha value is -1.71. The number of methoxy groups -OCH3 is 1. The second-order valence-corrected chi connectivity index (χ2v) is 5.25. The minimum absolute atomic E-state index is 0.107. The van der Waals surface area contributed by atoms with Crippen LogP contribution in [0, 0.1) is 5.41 Å². The summed E-state index contributed by atoms with van der Waals surface area (Å²) in [4.78, 5) is 12.5. The molecule has 4 heteroatoms. The third-order valence-corrected chi connectivity index (χ3v) is 4.19. The van der Waals surface area contributed by atoms with Gasteiger partial charge in [0.2, 0.25) is 5.91 Å². The topological polar surface area (TPSA) is 64.4 Å². The van der Waals surface area contributed by atoms with Gasteiger partial charge in [0, 0.05) is 17.2 Å². The molecular weight excluding hydrogens is 240 g/mol. The van der Waals surface area contributed by atoms with Crippen molar-refractivity contribution in [3.05, 3.63) is 18.2 Å². The number of ether oxygens (including phenoxy) is 1. The van der Waals surface area contributed by atoms with Gasteiger partial charge in [-0.25, -0.2) is 0 Å². The Labute approximate surface area is 114 Å². The van der Waals surface area contributed by atoms with Crippen LogP contribution in [0.5, 0.6) is 5.75 Å². The van der Waals surface area contributed by atoms with Crippen molar-refractivity contribution < 1.29 is 9.53 Å². The lowest BCUT2D eigenvalue weighted by molar-refractivity contribution is -0.125. The normalized spacial score (nSPS) is 17.2. The molecule has 0 heterocycles. The van der Waals surface area contributed by atoms with Crippen LogP contribution in [0.25, 0.3) is 0 Å². The number of amides is 1. The number of carbonyl (C=O) groups excluding carboxylic acids is 1. The number of benzene rings is 1. The van der Waals surface area contributed by atoms with Crippen LogP contribution in [0.15, 0.2) is 18.2 Å². The van der Waals surface area contributed by atoms with E-state index >= 15 is 0 Å². The van der Waals surface area contributed by atoms with Crippen LogP contribution in [-0.2, 0) is 4.79 Å². The number of nitrogens with one attached hydrogen (secondary N) is 1. The molecule has 19 heavy (non-hydrogen) atoms.